The highest BCUT2D eigenvalue weighted by atomic mass is 32.2. The summed E-state index contributed by atoms with van der Waals surface area (Å²) in [5.41, 5.74) is 5.12. The quantitative estimate of drug-likeness (QED) is 0.433. The molecule has 0 aliphatic carbocycles. The lowest BCUT2D eigenvalue weighted by Crippen LogP contribution is -2.38. The van der Waals surface area contributed by atoms with Gasteiger partial charge in [-0.05, 0) is 66.1 Å². The van der Waals surface area contributed by atoms with Gasteiger partial charge in [-0.1, -0.05) is 48.5 Å². The number of aromatic amines is 1. The third kappa shape index (κ3) is 4.12. The van der Waals surface area contributed by atoms with E-state index >= 15 is 0 Å². The molecule has 0 saturated carbocycles. The Hall–Kier alpha value is -3.42. The maximum atomic E-state index is 13.4. The van der Waals surface area contributed by atoms with Crippen LogP contribution < -0.4 is 0 Å². The van der Waals surface area contributed by atoms with Crippen LogP contribution >= 0.6 is 0 Å². The molecule has 0 spiro atoms. The molecule has 2 aliphatic rings. The van der Waals surface area contributed by atoms with Gasteiger partial charge < -0.3 is 9.88 Å². The zero-order chi connectivity index (χ0) is 24.7. The summed E-state index contributed by atoms with van der Waals surface area (Å²) in [5, 5.41) is 1.25. The van der Waals surface area contributed by atoms with Crippen LogP contribution in [0.1, 0.15) is 45.8 Å². The highest BCUT2D eigenvalue weighted by molar-refractivity contribution is 7.89. The second kappa shape index (κ2) is 9.22. The van der Waals surface area contributed by atoms with E-state index < -0.39 is 10.0 Å². The zero-order valence-corrected chi connectivity index (χ0v) is 20.9. The van der Waals surface area contributed by atoms with Crippen molar-refractivity contribution >= 4 is 26.8 Å². The standard InChI is InChI=1S/C29H29N3O3S/c33-29(31-15-12-22(13-16-31)27-19-30-28-11-4-3-10-26(27)28)23-8-5-9-25(18-23)36(34,35)32-17-14-21-6-1-2-7-24(21)20-32/h1-11,18-19,22,30H,12-17,20H2. The van der Waals surface area contributed by atoms with Gasteiger partial charge in [0.25, 0.3) is 5.91 Å². The van der Waals surface area contributed by atoms with E-state index in [0.29, 0.717) is 44.1 Å². The van der Waals surface area contributed by atoms with E-state index in [1.54, 1.807) is 24.3 Å². The van der Waals surface area contributed by atoms with Gasteiger partial charge in [0, 0.05) is 48.8 Å². The van der Waals surface area contributed by atoms with Crippen LogP contribution in [-0.2, 0) is 23.0 Å². The van der Waals surface area contributed by atoms with Crippen LogP contribution in [0.5, 0.6) is 0 Å². The number of benzene rings is 3. The van der Waals surface area contributed by atoms with E-state index in [2.05, 4.69) is 35.4 Å². The Morgan fingerprint density at radius 3 is 2.44 bits per heavy atom. The Balaban J connectivity index is 1.16. The minimum absolute atomic E-state index is 0.103. The van der Waals surface area contributed by atoms with Crippen LogP contribution in [0.3, 0.4) is 0 Å². The molecule has 1 N–H and O–H groups in total. The first-order valence-electron chi connectivity index (χ1n) is 12.5. The second-order valence-electron chi connectivity index (χ2n) is 9.74. The fourth-order valence-electron chi connectivity index (χ4n) is 5.62. The number of para-hydroxylation sites is 1. The lowest BCUT2D eigenvalue weighted by Gasteiger charge is -2.32. The number of hydrogen-bond donors (Lipinski definition) is 1. The summed E-state index contributed by atoms with van der Waals surface area (Å²) in [6.45, 7) is 2.11. The predicted octanol–water partition coefficient (Wildman–Crippen LogP) is 4.93. The van der Waals surface area contributed by atoms with Crippen molar-refractivity contribution in [3.63, 3.8) is 0 Å². The number of amides is 1. The first kappa shape index (κ1) is 23.0. The molecule has 1 amide bonds. The third-order valence-electron chi connectivity index (χ3n) is 7.66. The molecule has 6 nitrogen and oxygen atoms in total. The monoisotopic (exact) mass is 499 g/mol. The van der Waals surface area contributed by atoms with Crippen LogP contribution in [0.2, 0.25) is 0 Å². The van der Waals surface area contributed by atoms with E-state index in [1.807, 2.05) is 29.2 Å². The SMILES string of the molecule is O=C(c1cccc(S(=O)(=O)N2CCc3ccccc3C2)c1)N1CCC(c2c[nH]c3ccccc23)CC1. The normalized spacial score (nSPS) is 17.3. The fraction of sp³-hybridized carbons (Fsp3) is 0.276. The smallest absolute Gasteiger partial charge is 0.253 e. The highest BCUT2D eigenvalue weighted by Gasteiger charge is 2.30. The van der Waals surface area contributed by atoms with Crippen molar-refractivity contribution in [2.24, 2.45) is 0 Å². The van der Waals surface area contributed by atoms with Gasteiger partial charge in [0.15, 0.2) is 0 Å². The van der Waals surface area contributed by atoms with Gasteiger partial charge in [-0.25, -0.2) is 8.42 Å². The Labute approximate surface area is 211 Å². The maximum absolute atomic E-state index is 13.4. The number of nitrogens with one attached hydrogen (secondary N) is 1. The molecular weight excluding hydrogens is 470 g/mol. The molecule has 0 radical (unpaired) electrons. The number of rotatable bonds is 4. The molecule has 2 aliphatic heterocycles. The number of aromatic nitrogens is 1. The van der Waals surface area contributed by atoms with Crippen molar-refractivity contribution in [1.82, 2.24) is 14.2 Å². The number of H-pyrrole nitrogens is 1. The van der Waals surface area contributed by atoms with Gasteiger partial charge in [-0.3, -0.25) is 4.79 Å². The van der Waals surface area contributed by atoms with Crippen molar-refractivity contribution in [1.29, 1.82) is 0 Å². The Kier molecular flexibility index (Phi) is 5.90. The van der Waals surface area contributed by atoms with E-state index in [-0.39, 0.29) is 10.8 Å². The number of nitrogens with zero attached hydrogens (tertiary/aromatic N) is 2. The van der Waals surface area contributed by atoms with Gasteiger partial charge in [-0.15, -0.1) is 0 Å². The third-order valence-corrected chi connectivity index (χ3v) is 9.50. The van der Waals surface area contributed by atoms with Crippen molar-refractivity contribution < 1.29 is 13.2 Å². The Bertz CT molecular complexity index is 1530. The zero-order valence-electron chi connectivity index (χ0n) is 20.1. The van der Waals surface area contributed by atoms with Crippen molar-refractivity contribution in [3.05, 3.63) is 101 Å². The van der Waals surface area contributed by atoms with Crippen LogP contribution in [-0.4, -0.2) is 48.1 Å². The van der Waals surface area contributed by atoms with Gasteiger partial charge in [0.1, 0.15) is 0 Å². The van der Waals surface area contributed by atoms with Gasteiger partial charge >= 0.3 is 0 Å². The second-order valence-corrected chi connectivity index (χ2v) is 11.7. The number of piperidine rings is 1. The summed E-state index contributed by atoms with van der Waals surface area (Å²) in [7, 11) is -3.69. The molecule has 0 bridgehead atoms. The molecule has 36 heavy (non-hydrogen) atoms. The predicted molar refractivity (Wildman–Crippen MR) is 140 cm³/mol. The molecule has 1 aromatic heterocycles. The molecular formula is C29H29N3O3S. The maximum Gasteiger partial charge on any atom is 0.253 e. The number of carbonyl (C=O) groups excluding carboxylic acids is 1. The Morgan fingerprint density at radius 1 is 0.861 bits per heavy atom. The number of sulfonamides is 1. The van der Waals surface area contributed by atoms with Crippen LogP contribution in [0, 0.1) is 0 Å². The summed E-state index contributed by atoms with van der Waals surface area (Å²) in [5.74, 6) is 0.298. The molecule has 1 saturated heterocycles. The van der Waals surface area contributed by atoms with Crippen LogP contribution in [0.25, 0.3) is 10.9 Å². The van der Waals surface area contributed by atoms with Gasteiger partial charge in [0.05, 0.1) is 4.90 Å². The molecule has 184 valence electrons. The Morgan fingerprint density at radius 2 is 1.61 bits per heavy atom. The van der Waals surface area contributed by atoms with E-state index in [9.17, 15) is 13.2 Å². The number of hydrogen-bond acceptors (Lipinski definition) is 3. The molecule has 3 heterocycles. The van der Waals surface area contributed by atoms with E-state index in [4.69, 9.17) is 0 Å². The lowest BCUT2D eigenvalue weighted by atomic mass is 9.89. The first-order chi connectivity index (χ1) is 17.5. The topological polar surface area (TPSA) is 73.5 Å². The fourth-order valence-corrected chi connectivity index (χ4v) is 7.09. The molecule has 3 aromatic carbocycles. The molecule has 0 unspecified atom stereocenters. The number of likely N-dealkylation sites (tertiary alicyclic amines) is 1. The molecule has 6 rings (SSSR count). The molecule has 7 heteroatoms. The summed E-state index contributed by atoms with van der Waals surface area (Å²) in [6, 6.07) is 22.8. The summed E-state index contributed by atoms with van der Waals surface area (Å²) >= 11 is 0. The average molecular weight is 500 g/mol. The molecule has 4 aromatic rings. The van der Waals surface area contributed by atoms with Crippen molar-refractivity contribution in [2.75, 3.05) is 19.6 Å². The summed E-state index contributed by atoms with van der Waals surface area (Å²) in [6.07, 6.45) is 4.57. The first-order valence-corrected chi connectivity index (χ1v) is 14.0. The van der Waals surface area contributed by atoms with E-state index in [1.165, 1.54) is 20.8 Å². The van der Waals surface area contributed by atoms with Crippen LogP contribution in [0.4, 0.5) is 0 Å². The average Bonchev–Trinajstić information content (AvgIpc) is 3.37. The minimum atomic E-state index is -3.69. The number of fused-ring (bicyclic) bond motifs is 2. The summed E-state index contributed by atoms with van der Waals surface area (Å²) in [4.78, 5) is 18.7. The van der Waals surface area contributed by atoms with E-state index in [0.717, 1.165) is 23.9 Å². The minimum Gasteiger partial charge on any atom is -0.361 e. The highest BCUT2D eigenvalue weighted by Crippen LogP contribution is 2.33. The van der Waals surface area contributed by atoms with Crippen LogP contribution in [0.15, 0.2) is 83.9 Å². The summed E-state index contributed by atoms with van der Waals surface area (Å²) < 4.78 is 28.4. The number of carbonyl (C=O) groups is 1. The van der Waals surface area contributed by atoms with Gasteiger partial charge in [0.2, 0.25) is 10.0 Å². The van der Waals surface area contributed by atoms with Crippen molar-refractivity contribution in [2.45, 2.75) is 36.6 Å². The molecule has 0 atom stereocenters. The van der Waals surface area contributed by atoms with Crippen molar-refractivity contribution in [3.8, 4) is 0 Å². The molecule has 1 fully saturated rings. The lowest BCUT2D eigenvalue weighted by molar-refractivity contribution is 0.0713. The largest absolute Gasteiger partial charge is 0.361 e. The van der Waals surface area contributed by atoms with Gasteiger partial charge in [-0.2, -0.15) is 4.31 Å².